The molecule has 1 atom stereocenters. The van der Waals surface area contributed by atoms with Crippen LogP contribution in [0.2, 0.25) is 0 Å². The summed E-state index contributed by atoms with van der Waals surface area (Å²) in [7, 11) is 0. The lowest BCUT2D eigenvalue weighted by Crippen LogP contribution is -2.57. The highest BCUT2D eigenvalue weighted by Crippen LogP contribution is 2.31. The van der Waals surface area contributed by atoms with Gasteiger partial charge in [-0.3, -0.25) is 19.5 Å². The van der Waals surface area contributed by atoms with Crippen molar-refractivity contribution in [3.05, 3.63) is 30.1 Å². The normalized spacial score (nSPS) is 20.1. The summed E-state index contributed by atoms with van der Waals surface area (Å²) < 4.78 is 0. The van der Waals surface area contributed by atoms with E-state index in [0.29, 0.717) is 18.9 Å². The van der Waals surface area contributed by atoms with Gasteiger partial charge in [0.15, 0.2) is 0 Å². The van der Waals surface area contributed by atoms with Crippen LogP contribution in [0.25, 0.3) is 0 Å². The summed E-state index contributed by atoms with van der Waals surface area (Å²) in [5.74, 6) is 0.742. The minimum atomic E-state index is -0.0832. The highest BCUT2D eigenvalue weighted by atomic mass is 16.2. The number of hydrogen-bond acceptors (Lipinski definition) is 4. The summed E-state index contributed by atoms with van der Waals surface area (Å²) in [4.78, 5) is 33.4. The third kappa shape index (κ3) is 4.61. The molecule has 2 heterocycles. The maximum atomic E-state index is 13.0. The highest BCUT2D eigenvalue weighted by Gasteiger charge is 2.37. The van der Waals surface area contributed by atoms with Crippen molar-refractivity contribution < 1.29 is 9.59 Å². The quantitative estimate of drug-likeness (QED) is 0.842. The number of rotatable bonds is 6. The molecule has 2 amide bonds. The lowest BCUT2D eigenvalue weighted by Gasteiger charge is -2.40. The van der Waals surface area contributed by atoms with Gasteiger partial charge in [0.2, 0.25) is 11.8 Å². The van der Waals surface area contributed by atoms with E-state index in [1.807, 2.05) is 30.0 Å². The lowest BCUT2D eigenvalue weighted by atomic mass is 9.95. The van der Waals surface area contributed by atoms with Crippen LogP contribution < -0.4 is 5.32 Å². The van der Waals surface area contributed by atoms with Crippen molar-refractivity contribution >= 4 is 11.8 Å². The van der Waals surface area contributed by atoms with Crippen molar-refractivity contribution in [1.29, 1.82) is 0 Å². The molecule has 6 nitrogen and oxygen atoms in total. The number of hydrogen-bond donors (Lipinski definition) is 1. The van der Waals surface area contributed by atoms with Crippen LogP contribution in [0, 0.1) is 5.92 Å². The van der Waals surface area contributed by atoms with Gasteiger partial charge >= 0.3 is 0 Å². The molecule has 0 bridgehead atoms. The molecule has 26 heavy (non-hydrogen) atoms. The maximum Gasteiger partial charge on any atom is 0.237 e. The number of amides is 2. The van der Waals surface area contributed by atoms with Crippen LogP contribution in [0.3, 0.4) is 0 Å². The monoisotopic (exact) mass is 358 g/mol. The van der Waals surface area contributed by atoms with Crippen LogP contribution in [-0.2, 0) is 16.1 Å². The first-order valence-electron chi connectivity index (χ1n) is 9.88. The molecule has 2 fully saturated rings. The first kappa shape index (κ1) is 18.8. The van der Waals surface area contributed by atoms with Crippen molar-refractivity contribution in [2.24, 2.45) is 5.92 Å². The molecule has 1 aliphatic carbocycles. The number of aromatic nitrogens is 1. The predicted molar refractivity (Wildman–Crippen MR) is 100 cm³/mol. The summed E-state index contributed by atoms with van der Waals surface area (Å²) in [6.45, 7) is 5.39. The van der Waals surface area contributed by atoms with Crippen LogP contribution >= 0.6 is 0 Å². The SMILES string of the molecule is CCC(=O)N1CCN([C@H](C(=O)NCc2ccccn2)C2CCCC2)CC1. The average molecular weight is 358 g/mol. The molecule has 0 radical (unpaired) electrons. The number of carbonyl (C=O) groups is 2. The summed E-state index contributed by atoms with van der Waals surface area (Å²) in [5.41, 5.74) is 0.879. The standard InChI is InChI=1S/C20H30N4O2/c1-2-18(25)23-11-13-24(14-12-23)19(16-7-3-4-8-16)20(26)22-15-17-9-5-6-10-21-17/h5-6,9-10,16,19H,2-4,7-8,11-15H2,1H3,(H,22,26)/t19-/m0/s1. The maximum absolute atomic E-state index is 13.0. The van der Waals surface area contributed by atoms with Crippen LogP contribution in [0.4, 0.5) is 0 Å². The summed E-state index contributed by atoms with van der Waals surface area (Å²) in [5, 5.41) is 3.09. The van der Waals surface area contributed by atoms with E-state index >= 15 is 0 Å². The second-order valence-electron chi connectivity index (χ2n) is 7.30. The molecule has 1 aliphatic heterocycles. The van der Waals surface area contributed by atoms with Crippen molar-refractivity contribution in [3.63, 3.8) is 0 Å². The van der Waals surface area contributed by atoms with Crippen LogP contribution in [-0.4, -0.2) is 58.8 Å². The average Bonchev–Trinajstić information content (AvgIpc) is 3.21. The third-order valence-electron chi connectivity index (χ3n) is 5.65. The molecule has 3 rings (SSSR count). The van der Waals surface area contributed by atoms with Gasteiger partial charge in [-0.05, 0) is 30.9 Å². The van der Waals surface area contributed by atoms with Gasteiger partial charge in [-0.1, -0.05) is 25.8 Å². The van der Waals surface area contributed by atoms with Crippen molar-refractivity contribution in [1.82, 2.24) is 20.1 Å². The lowest BCUT2D eigenvalue weighted by molar-refractivity contribution is -0.135. The third-order valence-corrected chi connectivity index (χ3v) is 5.65. The smallest absolute Gasteiger partial charge is 0.237 e. The number of carbonyl (C=O) groups excluding carboxylic acids is 2. The van der Waals surface area contributed by atoms with E-state index in [-0.39, 0.29) is 17.9 Å². The van der Waals surface area contributed by atoms with Gasteiger partial charge in [-0.25, -0.2) is 0 Å². The first-order valence-corrected chi connectivity index (χ1v) is 9.88. The Morgan fingerprint density at radius 2 is 1.92 bits per heavy atom. The first-order chi connectivity index (χ1) is 12.7. The Morgan fingerprint density at radius 1 is 1.19 bits per heavy atom. The van der Waals surface area contributed by atoms with Gasteiger partial charge in [-0.15, -0.1) is 0 Å². The molecular formula is C20H30N4O2. The Balaban J connectivity index is 1.62. The van der Waals surface area contributed by atoms with Crippen LogP contribution in [0.15, 0.2) is 24.4 Å². The number of pyridine rings is 1. The largest absolute Gasteiger partial charge is 0.349 e. The molecular weight excluding hydrogens is 328 g/mol. The molecule has 0 spiro atoms. The van der Waals surface area contributed by atoms with Crippen molar-refractivity contribution in [2.45, 2.75) is 51.6 Å². The number of piperazine rings is 1. The van der Waals surface area contributed by atoms with Gasteiger partial charge in [-0.2, -0.15) is 0 Å². The summed E-state index contributed by atoms with van der Waals surface area (Å²) in [6, 6.07) is 5.66. The Kier molecular flexibility index (Phi) is 6.61. The Hall–Kier alpha value is -1.95. The minimum Gasteiger partial charge on any atom is -0.349 e. The van der Waals surface area contributed by atoms with Crippen molar-refractivity contribution in [2.75, 3.05) is 26.2 Å². The molecule has 0 aromatic carbocycles. The molecule has 1 aromatic rings. The zero-order chi connectivity index (χ0) is 18.4. The summed E-state index contributed by atoms with van der Waals surface area (Å²) >= 11 is 0. The molecule has 2 aliphatic rings. The zero-order valence-electron chi connectivity index (χ0n) is 15.7. The molecule has 142 valence electrons. The molecule has 0 unspecified atom stereocenters. The zero-order valence-corrected chi connectivity index (χ0v) is 15.7. The van der Waals surface area contributed by atoms with E-state index in [1.54, 1.807) is 6.20 Å². The van der Waals surface area contributed by atoms with E-state index in [4.69, 9.17) is 0 Å². The van der Waals surface area contributed by atoms with Crippen LogP contribution in [0.1, 0.15) is 44.7 Å². The van der Waals surface area contributed by atoms with E-state index < -0.39 is 0 Å². The Bertz CT molecular complexity index is 593. The van der Waals surface area contributed by atoms with Gasteiger partial charge in [0.25, 0.3) is 0 Å². The second kappa shape index (κ2) is 9.12. The van der Waals surface area contributed by atoms with E-state index in [0.717, 1.165) is 44.7 Å². The van der Waals surface area contributed by atoms with E-state index in [1.165, 1.54) is 12.8 Å². The highest BCUT2D eigenvalue weighted by molar-refractivity contribution is 5.82. The molecule has 1 N–H and O–H groups in total. The Labute approximate surface area is 156 Å². The molecule has 6 heteroatoms. The van der Waals surface area contributed by atoms with Gasteiger partial charge in [0.1, 0.15) is 0 Å². The molecule has 1 saturated heterocycles. The van der Waals surface area contributed by atoms with Crippen LogP contribution in [0.5, 0.6) is 0 Å². The second-order valence-corrected chi connectivity index (χ2v) is 7.30. The number of nitrogens with zero attached hydrogens (tertiary/aromatic N) is 3. The van der Waals surface area contributed by atoms with Crippen molar-refractivity contribution in [3.8, 4) is 0 Å². The topological polar surface area (TPSA) is 65.5 Å². The Morgan fingerprint density at radius 3 is 2.54 bits per heavy atom. The fourth-order valence-corrected chi connectivity index (χ4v) is 4.21. The van der Waals surface area contributed by atoms with Gasteiger partial charge in [0, 0.05) is 38.8 Å². The number of nitrogens with one attached hydrogen (secondary N) is 1. The fourth-order valence-electron chi connectivity index (χ4n) is 4.21. The van der Waals surface area contributed by atoms with E-state index in [2.05, 4.69) is 15.2 Å². The predicted octanol–water partition coefficient (Wildman–Crippen LogP) is 1.81. The van der Waals surface area contributed by atoms with E-state index in [9.17, 15) is 9.59 Å². The summed E-state index contributed by atoms with van der Waals surface area (Å²) in [6.07, 6.45) is 6.97. The minimum absolute atomic E-state index is 0.0832. The fraction of sp³-hybridized carbons (Fsp3) is 0.650. The molecule has 1 saturated carbocycles. The van der Waals surface area contributed by atoms with Gasteiger partial charge in [0.05, 0.1) is 18.3 Å². The van der Waals surface area contributed by atoms with Gasteiger partial charge < -0.3 is 10.2 Å². The molecule has 1 aromatic heterocycles.